The van der Waals surface area contributed by atoms with Crippen molar-refractivity contribution in [3.63, 3.8) is 0 Å². The van der Waals surface area contributed by atoms with Gasteiger partial charge in [-0.15, -0.1) is 24.0 Å². The van der Waals surface area contributed by atoms with Crippen LogP contribution in [0.15, 0.2) is 35.3 Å². The van der Waals surface area contributed by atoms with Gasteiger partial charge in [0, 0.05) is 58.4 Å². The summed E-state index contributed by atoms with van der Waals surface area (Å²) in [7, 11) is 1.72. The van der Waals surface area contributed by atoms with E-state index in [-0.39, 0.29) is 29.9 Å². The maximum Gasteiger partial charge on any atom is 0.220 e. The fourth-order valence-electron chi connectivity index (χ4n) is 4.21. The van der Waals surface area contributed by atoms with Crippen LogP contribution in [0.1, 0.15) is 32.6 Å². The molecule has 2 heterocycles. The number of amides is 1. The molecule has 3 rings (SSSR count). The lowest BCUT2D eigenvalue weighted by Gasteiger charge is -2.34. The lowest BCUT2D eigenvalue weighted by atomic mass is 9.93. The number of nitrogens with one attached hydrogen (secondary N) is 2. The van der Waals surface area contributed by atoms with Gasteiger partial charge in [0.2, 0.25) is 5.91 Å². The molecule has 2 fully saturated rings. The number of hydrogen-bond acceptors (Lipinski definition) is 3. The molecule has 0 spiro atoms. The highest BCUT2D eigenvalue weighted by molar-refractivity contribution is 14.0. The summed E-state index contributed by atoms with van der Waals surface area (Å²) < 4.78 is 0. The van der Waals surface area contributed by atoms with Crippen molar-refractivity contribution in [3.05, 3.63) is 30.3 Å². The van der Waals surface area contributed by atoms with E-state index < -0.39 is 0 Å². The van der Waals surface area contributed by atoms with Gasteiger partial charge in [0.15, 0.2) is 5.96 Å². The monoisotopic (exact) mass is 513 g/mol. The predicted molar refractivity (Wildman–Crippen MR) is 131 cm³/mol. The Morgan fingerprint density at radius 3 is 2.45 bits per heavy atom. The van der Waals surface area contributed by atoms with E-state index in [1.807, 2.05) is 0 Å². The van der Waals surface area contributed by atoms with Gasteiger partial charge in [-0.3, -0.25) is 9.79 Å². The number of likely N-dealkylation sites (tertiary alicyclic amines) is 1. The zero-order valence-corrected chi connectivity index (χ0v) is 20.1. The standard InChI is InChI=1S/C22H35N5O.HI/c1-3-24-22(26-12-9-18(10-13-26)15-21(28)23-2)25-16-19-11-14-27(17-19)20-7-5-4-6-8-20;/h4-8,18-19H,3,9-17H2,1-2H3,(H,23,28)(H,24,25);1H. The Morgan fingerprint density at radius 1 is 1.10 bits per heavy atom. The molecule has 0 bridgehead atoms. The van der Waals surface area contributed by atoms with Gasteiger partial charge in [-0.05, 0) is 50.2 Å². The van der Waals surface area contributed by atoms with Crippen LogP contribution < -0.4 is 15.5 Å². The van der Waals surface area contributed by atoms with E-state index in [0.717, 1.165) is 58.1 Å². The fraction of sp³-hybridized carbons (Fsp3) is 0.636. The smallest absolute Gasteiger partial charge is 0.220 e. The Balaban J connectivity index is 0.00000300. The second kappa shape index (κ2) is 12.2. The highest BCUT2D eigenvalue weighted by Gasteiger charge is 2.25. The summed E-state index contributed by atoms with van der Waals surface area (Å²) in [6.07, 6.45) is 3.97. The fourth-order valence-corrected chi connectivity index (χ4v) is 4.21. The van der Waals surface area contributed by atoms with Gasteiger partial charge in [0.25, 0.3) is 0 Å². The third kappa shape index (κ3) is 7.04. The van der Waals surface area contributed by atoms with Gasteiger partial charge >= 0.3 is 0 Å². The maximum absolute atomic E-state index is 11.6. The van der Waals surface area contributed by atoms with Crippen molar-refractivity contribution in [2.24, 2.45) is 16.8 Å². The molecule has 0 aromatic heterocycles. The lowest BCUT2D eigenvalue weighted by Crippen LogP contribution is -2.46. The van der Waals surface area contributed by atoms with Crippen molar-refractivity contribution in [2.45, 2.75) is 32.6 Å². The topological polar surface area (TPSA) is 60.0 Å². The van der Waals surface area contributed by atoms with Crippen LogP contribution in [0.4, 0.5) is 5.69 Å². The van der Waals surface area contributed by atoms with Crippen molar-refractivity contribution in [2.75, 3.05) is 51.2 Å². The van der Waals surface area contributed by atoms with Crippen LogP contribution in [0.5, 0.6) is 0 Å². The summed E-state index contributed by atoms with van der Waals surface area (Å²) in [5.74, 6) is 2.30. The molecular formula is C22H36IN5O. The molecular weight excluding hydrogens is 477 g/mol. The molecule has 1 amide bonds. The van der Waals surface area contributed by atoms with Crippen LogP contribution in [-0.2, 0) is 4.79 Å². The number of hydrogen-bond donors (Lipinski definition) is 2. The third-order valence-corrected chi connectivity index (χ3v) is 5.91. The molecule has 0 radical (unpaired) electrons. The minimum absolute atomic E-state index is 0. The predicted octanol–water partition coefficient (Wildman–Crippen LogP) is 2.94. The van der Waals surface area contributed by atoms with E-state index in [2.05, 4.69) is 57.7 Å². The minimum atomic E-state index is 0. The zero-order chi connectivity index (χ0) is 19.8. The van der Waals surface area contributed by atoms with Crippen LogP contribution >= 0.6 is 24.0 Å². The number of nitrogens with zero attached hydrogens (tertiary/aromatic N) is 3. The summed E-state index contributed by atoms with van der Waals surface area (Å²) in [5, 5.41) is 6.21. The molecule has 1 aromatic rings. The van der Waals surface area contributed by atoms with E-state index >= 15 is 0 Å². The van der Waals surface area contributed by atoms with Crippen LogP contribution in [0.3, 0.4) is 0 Å². The summed E-state index contributed by atoms with van der Waals surface area (Å²) in [6, 6.07) is 10.7. The highest BCUT2D eigenvalue weighted by atomic mass is 127. The summed E-state index contributed by atoms with van der Waals surface area (Å²) in [6.45, 7) is 8.05. The van der Waals surface area contributed by atoms with Gasteiger partial charge in [0.05, 0.1) is 0 Å². The second-order valence-electron chi connectivity index (χ2n) is 7.94. The van der Waals surface area contributed by atoms with Crippen LogP contribution in [-0.4, -0.2) is 63.1 Å². The lowest BCUT2D eigenvalue weighted by molar-refractivity contribution is -0.121. The second-order valence-corrected chi connectivity index (χ2v) is 7.94. The van der Waals surface area contributed by atoms with Gasteiger partial charge in [0.1, 0.15) is 0 Å². The highest BCUT2D eigenvalue weighted by Crippen LogP contribution is 2.24. The van der Waals surface area contributed by atoms with E-state index in [1.54, 1.807) is 7.05 Å². The van der Waals surface area contributed by atoms with Crippen molar-refractivity contribution in [1.82, 2.24) is 15.5 Å². The number of guanidine groups is 1. The normalized spacial score (nSPS) is 20.3. The Bertz CT molecular complexity index is 646. The van der Waals surface area contributed by atoms with E-state index in [9.17, 15) is 4.79 Å². The van der Waals surface area contributed by atoms with Gasteiger partial charge in [-0.25, -0.2) is 0 Å². The minimum Gasteiger partial charge on any atom is -0.371 e. The summed E-state index contributed by atoms with van der Waals surface area (Å²) >= 11 is 0. The molecule has 0 aliphatic carbocycles. The molecule has 1 unspecified atom stereocenters. The molecule has 2 aliphatic rings. The molecule has 2 aliphatic heterocycles. The average molecular weight is 513 g/mol. The van der Waals surface area contributed by atoms with Crippen molar-refractivity contribution < 1.29 is 4.79 Å². The average Bonchev–Trinajstić information content (AvgIpc) is 3.21. The molecule has 1 atom stereocenters. The van der Waals surface area contributed by atoms with Crippen LogP contribution in [0.25, 0.3) is 0 Å². The van der Waals surface area contributed by atoms with Gasteiger partial charge < -0.3 is 20.4 Å². The number of carbonyl (C=O) groups excluding carboxylic acids is 1. The van der Waals surface area contributed by atoms with Crippen molar-refractivity contribution in [3.8, 4) is 0 Å². The zero-order valence-electron chi connectivity index (χ0n) is 17.8. The third-order valence-electron chi connectivity index (χ3n) is 5.91. The van der Waals surface area contributed by atoms with Crippen molar-refractivity contribution in [1.29, 1.82) is 0 Å². The quantitative estimate of drug-likeness (QED) is 0.349. The molecule has 1 aromatic carbocycles. The van der Waals surface area contributed by atoms with Crippen LogP contribution in [0, 0.1) is 11.8 Å². The number of rotatable bonds is 6. The number of carbonyl (C=O) groups is 1. The van der Waals surface area contributed by atoms with E-state index in [0.29, 0.717) is 18.3 Å². The van der Waals surface area contributed by atoms with Crippen LogP contribution in [0.2, 0.25) is 0 Å². The van der Waals surface area contributed by atoms with E-state index in [4.69, 9.17) is 4.99 Å². The first kappa shape index (κ1) is 23.8. The molecule has 6 nitrogen and oxygen atoms in total. The molecule has 29 heavy (non-hydrogen) atoms. The number of anilines is 1. The SMILES string of the molecule is CCNC(=NCC1CCN(c2ccccc2)C1)N1CCC(CC(=O)NC)CC1.I. The first-order chi connectivity index (χ1) is 13.7. The summed E-state index contributed by atoms with van der Waals surface area (Å²) in [4.78, 5) is 21.4. The van der Waals surface area contributed by atoms with Gasteiger partial charge in [-0.2, -0.15) is 0 Å². The number of aliphatic imine (C=N–C) groups is 1. The Hall–Kier alpha value is -1.51. The Morgan fingerprint density at radius 2 is 1.79 bits per heavy atom. The number of para-hydroxylation sites is 1. The molecule has 0 saturated carbocycles. The molecule has 162 valence electrons. The maximum atomic E-state index is 11.6. The first-order valence-corrected chi connectivity index (χ1v) is 10.7. The summed E-state index contributed by atoms with van der Waals surface area (Å²) in [5.41, 5.74) is 1.32. The largest absolute Gasteiger partial charge is 0.371 e. The number of piperidine rings is 1. The molecule has 7 heteroatoms. The van der Waals surface area contributed by atoms with E-state index in [1.165, 1.54) is 12.1 Å². The number of halogens is 1. The number of benzene rings is 1. The first-order valence-electron chi connectivity index (χ1n) is 10.7. The van der Waals surface area contributed by atoms with Gasteiger partial charge in [-0.1, -0.05) is 18.2 Å². The van der Waals surface area contributed by atoms with Crippen molar-refractivity contribution >= 4 is 41.5 Å². The molecule has 2 saturated heterocycles. The Labute approximate surface area is 192 Å². The molecule has 2 N–H and O–H groups in total. The Kier molecular flexibility index (Phi) is 10.0.